The smallest absolute Gasteiger partial charge is 0.329 e. The number of hydrogen-bond donors (Lipinski definition) is 3. The van der Waals surface area contributed by atoms with E-state index in [0.29, 0.717) is 17.7 Å². The highest BCUT2D eigenvalue weighted by Gasteiger charge is 2.23. The van der Waals surface area contributed by atoms with Crippen LogP contribution in [0.15, 0.2) is 36.4 Å². The van der Waals surface area contributed by atoms with E-state index in [1.54, 1.807) is 12.1 Å². The number of urea groups is 1. The zero-order chi connectivity index (χ0) is 15.1. The molecule has 0 bridgehead atoms. The third-order valence-corrected chi connectivity index (χ3v) is 4.07. The molecule has 0 aromatic heterocycles. The molecule has 0 spiro atoms. The quantitative estimate of drug-likeness (QED) is 0.632. The molecule has 1 aliphatic carbocycles. The summed E-state index contributed by atoms with van der Waals surface area (Å²) in [6.45, 7) is 0. The molecule has 6 heteroatoms. The molecule has 0 radical (unpaired) electrons. The van der Waals surface area contributed by atoms with Crippen LogP contribution in [0.1, 0.15) is 21.5 Å². The maximum absolute atomic E-state index is 11.5. The van der Waals surface area contributed by atoms with Crippen LogP contribution in [0.5, 0.6) is 0 Å². The van der Waals surface area contributed by atoms with E-state index in [0.717, 1.165) is 26.6 Å². The molecule has 4 N–H and O–H groups in total. The number of thiol groups is 1. The number of primary amides is 2. The fourth-order valence-corrected chi connectivity index (χ4v) is 2.82. The van der Waals surface area contributed by atoms with Gasteiger partial charge in [0.2, 0.25) is 5.91 Å². The highest BCUT2D eigenvalue weighted by molar-refractivity contribution is 7.82. The summed E-state index contributed by atoms with van der Waals surface area (Å²) in [4.78, 5) is 22.7. The standard InChI is InChI=1S/C15H13N3O2S/c16-14(19)12-3-1-2-11-10-5-4-9(18(21)15(17)20)6-8(10)7-13(11)12/h1-6,21H,7H2,(H2,16,19)(H2,17,20). The van der Waals surface area contributed by atoms with Gasteiger partial charge < -0.3 is 11.5 Å². The number of fused-ring (bicyclic) bond motifs is 3. The number of anilines is 1. The number of carbonyl (C=O) groups is 2. The van der Waals surface area contributed by atoms with Crippen LogP contribution < -0.4 is 15.8 Å². The van der Waals surface area contributed by atoms with Crippen molar-refractivity contribution in [1.29, 1.82) is 0 Å². The summed E-state index contributed by atoms with van der Waals surface area (Å²) in [5, 5.41) is 0. The Hall–Kier alpha value is -2.47. The highest BCUT2D eigenvalue weighted by Crippen LogP contribution is 2.40. The molecule has 0 fully saturated rings. The fourth-order valence-electron chi connectivity index (χ4n) is 2.70. The minimum absolute atomic E-state index is 0.437. The molecule has 0 saturated heterocycles. The minimum atomic E-state index is -0.647. The van der Waals surface area contributed by atoms with Gasteiger partial charge in [0.1, 0.15) is 0 Å². The third-order valence-electron chi connectivity index (χ3n) is 3.64. The van der Waals surface area contributed by atoms with Crippen LogP contribution in [0, 0.1) is 0 Å². The predicted octanol–water partition coefficient (Wildman–Crippen LogP) is 2.09. The van der Waals surface area contributed by atoms with Gasteiger partial charge >= 0.3 is 6.03 Å². The average molecular weight is 299 g/mol. The second-order valence-electron chi connectivity index (χ2n) is 4.86. The van der Waals surface area contributed by atoms with Gasteiger partial charge in [-0.25, -0.2) is 9.10 Å². The van der Waals surface area contributed by atoms with Crippen LogP contribution in [0.2, 0.25) is 0 Å². The summed E-state index contributed by atoms with van der Waals surface area (Å²) < 4.78 is 1.08. The second-order valence-corrected chi connectivity index (χ2v) is 5.26. The summed E-state index contributed by atoms with van der Waals surface area (Å²) >= 11 is 4.05. The molecule has 0 saturated carbocycles. The maximum Gasteiger partial charge on any atom is 0.329 e. The van der Waals surface area contributed by atoms with Gasteiger partial charge in [-0.15, -0.1) is 0 Å². The summed E-state index contributed by atoms with van der Waals surface area (Å²) in [6.07, 6.45) is 0.595. The Morgan fingerprint density at radius 2 is 1.86 bits per heavy atom. The largest absolute Gasteiger partial charge is 0.366 e. The van der Waals surface area contributed by atoms with Crippen LogP contribution in [0.25, 0.3) is 11.1 Å². The number of nitrogens with zero attached hydrogens (tertiary/aromatic N) is 1. The van der Waals surface area contributed by atoms with Crippen molar-refractivity contribution in [3.63, 3.8) is 0 Å². The maximum atomic E-state index is 11.5. The molecule has 0 aliphatic heterocycles. The molecular weight excluding hydrogens is 286 g/mol. The van der Waals surface area contributed by atoms with Gasteiger partial charge in [-0.2, -0.15) is 0 Å². The molecule has 21 heavy (non-hydrogen) atoms. The van der Waals surface area contributed by atoms with Gasteiger partial charge in [0.05, 0.1) is 5.69 Å². The average Bonchev–Trinajstić information content (AvgIpc) is 2.83. The topological polar surface area (TPSA) is 89.4 Å². The van der Waals surface area contributed by atoms with Crippen LogP contribution in [-0.2, 0) is 6.42 Å². The number of benzene rings is 2. The first-order valence-electron chi connectivity index (χ1n) is 6.32. The molecule has 0 unspecified atom stereocenters. The van der Waals surface area contributed by atoms with E-state index in [1.165, 1.54) is 0 Å². The number of amides is 3. The van der Waals surface area contributed by atoms with Crippen LogP contribution >= 0.6 is 12.8 Å². The third kappa shape index (κ3) is 2.13. The Morgan fingerprint density at radius 3 is 2.52 bits per heavy atom. The van der Waals surface area contributed by atoms with E-state index >= 15 is 0 Å². The first-order valence-corrected chi connectivity index (χ1v) is 6.72. The predicted molar refractivity (Wildman–Crippen MR) is 84.3 cm³/mol. The van der Waals surface area contributed by atoms with E-state index in [2.05, 4.69) is 12.8 Å². The van der Waals surface area contributed by atoms with Crippen LogP contribution in [0.4, 0.5) is 10.5 Å². The summed E-state index contributed by atoms with van der Waals surface area (Å²) in [6, 6.07) is 10.4. The SMILES string of the molecule is NC(=O)c1cccc2c1Cc1cc(N(S)C(N)=O)ccc1-2. The van der Waals surface area contributed by atoms with Crippen LogP contribution in [0.3, 0.4) is 0 Å². The van der Waals surface area contributed by atoms with Crippen molar-refractivity contribution in [2.75, 3.05) is 4.31 Å². The number of rotatable bonds is 2. The van der Waals surface area contributed by atoms with Gasteiger partial charge in [-0.1, -0.05) is 31.0 Å². The zero-order valence-corrected chi connectivity index (χ0v) is 11.9. The van der Waals surface area contributed by atoms with E-state index < -0.39 is 11.9 Å². The van der Waals surface area contributed by atoms with Gasteiger partial charge in [0, 0.05) is 5.56 Å². The highest BCUT2D eigenvalue weighted by atomic mass is 32.1. The second kappa shape index (κ2) is 4.82. The Kier molecular flexibility index (Phi) is 3.10. The molecule has 2 aromatic carbocycles. The van der Waals surface area contributed by atoms with E-state index in [9.17, 15) is 9.59 Å². The van der Waals surface area contributed by atoms with Crippen molar-refractivity contribution >= 4 is 30.4 Å². The van der Waals surface area contributed by atoms with Gasteiger partial charge in [0.25, 0.3) is 0 Å². The van der Waals surface area contributed by atoms with E-state index in [-0.39, 0.29) is 0 Å². The van der Waals surface area contributed by atoms with Crippen molar-refractivity contribution in [3.8, 4) is 11.1 Å². The lowest BCUT2D eigenvalue weighted by Gasteiger charge is -2.13. The molecule has 3 amide bonds. The van der Waals surface area contributed by atoms with E-state index in [4.69, 9.17) is 11.5 Å². The van der Waals surface area contributed by atoms with Gasteiger partial charge in [0.15, 0.2) is 0 Å². The molecular formula is C15H13N3O2S. The Labute approximate surface area is 127 Å². The lowest BCUT2D eigenvalue weighted by Crippen LogP contribution is -2.27. The van der Waals surface area contributed by atoms with Crippen LogP contribution in [-0.4, -0.2) is 11.9 Å². The molecule has 106 valence electrons. The van der Waals surface area contributed by atoms with Crippen molar-refractivity contribution in [3.05, 3.63) is 53.1 Å². The fraction of sp³-hybridized carbons (Fsp3) is 0.0667. The summed E-state index contributed by atoms with van der Waals surface area (Å²) in [5.74, 6) is -0.437. The molecule has 0 atom stereocenters. The Morgan fingerprint density at radius 1 is 1.10 bits per heavy atom. The first kappa shape index (κ1) is 13.5. The Balaban J connectivity index is 2.09. The molecule has 2 aromatic rings. The Bertz CT molecular complexity index is 774. The summed E-state index contributed by atoms with van der Waals surface area (Å²) in [5.41, 5.74) is 15.7. The van der Waals surface area contributed by atoms with Gasteiger partial charge in [-0.3, -0.25) is 4.79 Å². The number of hydrogen-bond acceptors (Lipinski definition) is 3. The normalized spacial score (nSPS) is 11.7. The molecule has 5 nitrogen and oxygen atoms in total. The minimum Gasteiger partial charge on any atom is -0.366 e. The monoisotopic (exact) mass is 299 g/mol. The molecule has 0 heterocycles. The number of carbonyl (C=O) groups excluding carboxylic acids is 2. The molecule has 1 aliphatic rings. The first-order chi connectivity index (χ1) is 9.99. The van der Waals surface area contributed by atoms with Crippen molar-refractivity contribution in [2.24, 2.45) is 11.5 Å². The van der Waals surface area contributed by atoms with Crippen molar-refractivity contribution < 1.29 is 9.59 Å². The van der Waals surface area contributed by atoms with Gasteiger partial charge in [-0.05, 0) is 46.9 Å². The molecule has 3 rings (SSSR count). The number of nitrogens with two attached hydrogens (primary N) is 2. The van der Waals surface area contributed by atoms with Crippen molar-refractivity contribution in [2.45, 2.75) is 6.42 Å². The lowest BCUT2D eigenvalue weighted by atomic mass is 10.0. The zero-order valence-electron chi connectivity index (χ0n) is 11.0. The van der Waals surface area contributed by atoms with Crippen molar-refractivity contribution in [1.82, 2.24) is 0 Å². The van der Waals surface area contributed by atoms with E-state index in [1.807, 2.05) is 24.3 Å². The lowest BCUT2D eigenvalue weighted by molar-refractivity contribution is 0.0999. The summed E-state index contributed by atoms with van der Waals surface area (Å²) in [7, 11) is 0.